The van der Waals surface area contributed by atoms with Gasteiger partial charge in [0.2, 0.25) is 20.0 Å². The van der Waals surface area contributed by atoms with Crippen LogP contribution in [-0.4, -0.2) is 40.8 Å². The summed E-state index contributed by atoms with van der Waals surface area (Å²) in [6.07, 6.45) is 0.506. The van der Waals surface area contributed by atoms with Gasteiger partial charge in [0.25, 0.3) is 0 Å². The van der Waals surface area contributed by atoms with Crippen molar-refractivity contribution in [2.24, 2.45) is 5.92 Å². The molecule has 0 radical (unpaired) electrons. The van der Waals surface area contributed by atoms with Gasteiger partial charge in [-0.3, -0.25) is 0 Å². The molecule has 6 nitrogen and oxygen atoms in total. The van der Waals surface area contributed by atoms with Crippen LogP contribution in [0.1, 0.15) is 12.0 Å². The van der Waals surface area contributed by atoms with Crippen molar-refractivity contribution in [3.05, 3.63) is 41.6 Å². The van der Waals surface area contributed by atoms with E-state index in [9.17, 15) is 21.2 Å². The Morgan fingerprint density at radius 2 is 2.09 bits per heavy atom. The molecule has 0 aromatic heterocycles. The van der Waals surface area contributed by atoms with E-state index in [2.05, 4.69) is 11.3 Å². The van der Waals surface area contributed by atoms with Crippen LogP contribution in [0.5, 0.6) is 0 Å². The van der Waals surface area contributed by atoms with E-state index >= 15 is 0 Å². The summed E-state index contributed by atoms with van der Waals surface area (Å²) in [5.74, 6) is -0.946. The molecule has 1 aromatic rings. The van der Waals surface area contributed by atoms with Gasteiger partial charge >= 0.3 is 0 Å². The fourth-order valence-corrected chi connectivity index (χ4v) is 4.69. The van der Waals surface area contributed by atoms with Crippen molar-refractivity contribution in [3.63, 3.8) is 0 Å². The normalized spacial score (nSPS) is 19.8. The molecule has 0 amide bonds. The maximum absolute atomic E-state index is 13.9. The highest BCUT2D eigenvalue weighted by molar-refractivity contribution is 7.92. The van der Waals surface area contributed by atoms with E-state index in [-0.39, 0.29) is 30.4 Å². The summed E-state index contributed by atoms with van der Waals surface area (Å²) in [4.78, 5) is -0.343. The Balaban J connectivity index is 2.11. The largest absolute Gasteiger partial charge is 0.246 e. The Labute approximate surface area is 136 Å². The number of hydrogen-bond donors (Lipinski definition) is 1. The Morgan fingerprint density at radius 3 is 2.74 bits per heavy atom. The predicted molar refractivity (Wildman–Crippen MR) is 85.1 cm³/mol. The highest BCUT2D eigenvalue weighted by atomic mass is 32.2. The SMILES string of the molecule is C=CS(=O)(=O)NCC1CCN(S(=O)(=O)c2cc(C)ccc2F)C1. The zero-order valence-corrected chi connectivity index (χ0v) is 14.3. The highest BCUT2D eigenvalue weighted by Crippen LogP contribution is 2.26. The molecule has 1 aromatic carbocycles. The van der Waals surface area contributed by atoms with Crippen LogP contribution in [0, 0.1) is 18.7 Å². The summed E-state index contributed by atoms with van der Waals surface area (Å²) in [6.45, 7) is 5.38. The van der Waals surface area contributed by atoms with Crippen molar-refractivity contribution in [2.45, 2.75) is 18.2 Å². The molecule has 0 saturated carbocycles. The van der Waals surface area contributed by atoms with E-state index in [1.165, 1.54) is 16.4 Å². The Hall–Kier alpha value is -1.29. The molecule has 1 aliphatic rings. The molecule has 1 atom stereocenters. The fraction of sp³-hybridized carbons (Fsp3) is 0.429. The number of nitrogens with zero attached hydrogens (tertiary/aromatic N) is 1. The fourth-order valence-electron chi connectivity index (χ4n) is 2.42. The summed E-state index contributed by atoms with van der Waals surface area (Å²) in [7, 11) is -7.46. The number of aryl methyl sites for hydroxylation is 1. The Kier molecular flexibility index (Phi) is 5.24. The number of halogens is 1. The number of rotatable bonds is 6. The van der Waals surface area contributed by atoms with E-state index < -0.39 is 25.9 Å². The summed E-state index contributed by atoms with van der Waals surface area (Å²) in [5.41, 5.74) is 0.652. The lowest BCUT2D eigenvalue weighted by molar-refractivity contribution is 0.449. The van der Waals surface area contributed by atoms with Gasteiger partial charge in [-0.2, -0.15) is 4.31 Å². The summed E-state index contributed by atoms with van der Waals surface area (Å²) >= 11 is 0. The second-order valence-corrected chi connectivity index (χ2v) is 9.13. The minimum Gasteiger partial charge on any atom is -0.211 e. The van der Waals surface area contributed by atoms with E-state index in [1.54, 1.807) is 6.92 Å². The first-order chi connectivity index (χ1) is 10.7. The minimum absolute atomic E-state index is 0.122. The average molecular weight is 362 g/mol. The van der Waals surface area contributed by atoms with Crippen LogP contribution < -0.4 is 4.72 Å². The van der Waals surface area contributed by atoms with Crippen LogP contribution in [0.2, 0.25) is 0 Å². The zero-order valence-electron chi connectivity index (χ0n) is 12.7. The smallest absolute Gasteiger partial charge is 0.211 e. The zero-order chi connectivity index (χ0) is 17.3. The van der Waals surface area contributed by atoms with Gasteiger partial charge in [0.1, 0.15) is 10.7 Å². The third-order valence-electron chi connectivity index (χ3n) is 3.75. The van der Waals surface area contributed by atoms with E-state index in [0.29, 0.717) is 12.0 Å². The molecular formula is C14H19FN2O4S2. The predicted octanol–water partition coefficient (Wildman–Crippen LogP) is 1.21. The van der Waals surface area contributed by atoms with Gasteiger partial charge in [-0.1, -0.05) is 12.6 Å². The molecular weight excluding hydrogens is 343 g/mol. The lowest BCUT2D eigenvalue weighted by Gasteiger charge is -2.17. The van der Waals surface area contributed by atoms with E-state index in [1.807, 2.05) is 0 Å². The molecule has 9 heteroatoms. The van der Waals surface area contributed by atoms with Crippen molar-refractivity contribution in [3.8, 4) is 0 Å². The molecule has 0 bridgehead atoms. The number of benzene rings is 1. The first-order valence-electron chi connectivity index (χ1n) is 7.04. The summed E-state index contributed by atoms with van der Waals surface area (Å²) < 4.78 is 65.1. The molecule has 1 aliphatic heterocycles. The molecule has 1 N–H and O–H groups in total. The first kappa shape index (κ1) is 18.1. The molecule has 0 aliphatic carbocycles. The number of nitrogens with one attached hydrogen (secondary N) is 1. The number of sulfonamides is 2. The van der Waals surface area contributed by atoms with Gasteiger partial charge in [-0.05, 0) is 37.0 Å². The lowest BCUT2D eigenvalue weighted by Crippen LogP contribution is -2.32. The van der Waals surface area contributed by atoms with Crippen molar-refractivity contribution in [1.29, 1.82) is 0 Å². The Bertz CT molecular complexity index is 806. The maximum Gasteiger partial charge on any atom is 0.246 e. The molecule has 1 saturated heterocycles. The molecule has 0 spiro atoms. The standard InChI is InChI=1S/C14H19FN2O4S2/c1-3-22(18,19)16-9-12-6-7-17(10-12)23(20,21)14-8-11(2)4-5-13(14)15/h3-5,8,12,16H,1,6-7,9-10H2,2H3. The average Bonchev–Trinajstić information content (AvgIpc) is 2.97. The van der Waals surface area contributed by atoms with Crippen LogP contribution >= 0.6 is 0 Å². The highest BCUT2D eigenvalue weighted by Gasteiger charge is 2.34. The monoisotopic (exact) mass is 362 g/mol. The quantitative estimate of drug-likeness (QED) is 0.824. The van der Waals surface area contributed by atoms with Gasteiger partial charge in [-0.15, -0.1) is 0 Å². The molecule has 1 unspecified atom stereocenters. The first-order valence-corrected chi connectivity index (χ1v) is 10.0. The van der Waals surface area contributed by atoms with Crippen molar-refractivity contribution in [1.82, 2.24) is 9.03 Å². The van der Waals surface area contributed by atoms with Crippen LogP contribution in [0.15, 0.2) is 35.1 Å². The topological polar surface area (TPSA) is 83.6 Å². The van der Waals surface area contributed by atoms with Gasteiger partial charge in [0.15, 0.2) is 0 Å². The van der Waals surface area contributed by atoms with Crippen molar-refractivity contribution >= 4 is 20.0 Å². The molecule has 1 heterocycles. The second kappa shape index (κ2) is 6.68. The third kappa shape index (κ3) is 4.17. The summed E-state index contributed by atoms with van der Waals surface area (Å²) in [6, 6.07) is 3.94. The van der Waals surface area contributed by atoms with Gasteiger partial charge in [0.05, 0.1) is 0 Å². The summed E-state index contributed by atoms with van der Waals surface area (Å²) in [5, 5.41) is 0.804. The molecule has 1 fully saturated rings. The van der Waals surface area contributed by atoms with Crippen molar-refractivity contribution in [2.75, 3.05) is 19.6 Å². The molecule has 23 heavy (non-hydrogen) atoms. The van der Waals surface area contributed by atoms with Crippen LogP contribution in [0.25, 0.3) is 0 Å². The van der Waals surface area contributed by atoms with Gasteiger partial charge in [-0.25, -0.2) is 25.9 Å². The van der Waals surface area contributed by atoms with Crippen molar-refractivity contribution < 1.29 is 21.2 Å². The Morgan fingerprint density at radius 1 is 1.39 bits per heavy atom. The van der Waals surface area contributed by atoms with E-state index in [4.69, 9.17) is 0 Å². The van der Waals surface area contributed by atoms with E-state index in [0.717, 1.165) is 11.5 Å². The maximum atomic E-state index is 13.9. The van der Waals surface area contributed by atoms with Gasteiger partial charge < -0.3 is 0 Å². The number of hydrogen-bond acceptors (Lipinski definition) is 4. The minimum atomic E-state index is -3.92. The molecule has 2 rings (SSSR count). The van der Waals surface area contributed by atoms with Crippen LogP contribution in [0.4, 0.5) is 4.39 Å². The van der Waals surface area contributed by atoms with Crippen LogP contribution in [-0.2, 0) is 20.0 Å². The van der Waals surface area contributed by atoms with Crippen LogP contribution in [0.3, 0.4) is 0 Å². The molecule has 128 valence electrons. The van der Waals surface area contributed by atoms with Gasteiger partial charge in [0, 0.05) is 25.0 Å². The second-order valence-electron chi connectivity index (χ2n) is 5.51. The third-order valence-corrected chi connectivity index (χ3v) is 6.63. The lowest BCUT2D eigenvalue weighted by atomic mass is 10.1.